The van der Waals surface area contributed by atoms with Crippen LogP contribution in [0.5, 0.6) is 0 Å². The Balaban J connectivity index is 1.58. The molecule has 8 atom stereocenters. The normalized spacial score (nSPS) is 46.0. The van der Waals surface area contributed by atoms with Crippen LogP contribution in [0.3, 0.4) is 0 Å². The van der Waals surface area contributed by atoms with Gasteiger partial charge in [0.2, 0.25) is 0 Å². The summed E-state index contributed by atoms with van der Waals surface area (Å²) in [5.74, 6) is 1.11. The minimum Gasteiger partial charge on any atom is -0.462 e. The second-order valence-electron chi connectivity index (χ2n) is 10.9. The highest BCUT2D eigenvalue weighted by molar-refractivity contribution is 5.66. The Bertz CT molecular complexity index is 759. The van der Waals surface area contributed by atoms with Crippen molar-refractivity contribution in [2.24, 2.45) is 28.6 Å². The standard InChI is InChI=1S/C25H38O5/c1-15(29-16(2)26)25(28)13-10-22-20-7-6-18-14-19(30-17(3)27)8-11-23(18,4)21(20)9-12-24(22,25)5/h6,15,19-22,28H,7-14H2,1-5H3/t15-,19-,20+,21-,22-,23-,24-,25-/m0/s1. The van der Waals surface area contributed by atoms with Crippen molar-refractivity contribution in [3.05, 3.63) is 11.6 Å². The molecule has 0 aliphatic heterocycles. The molecule has 0 spiro atoms. The molecular weight excluding hydrogens is 380 g/mol. The Kier molecular flexibility index (Phi) is 5.36. The van der Waals surface area contributed by atoms with E-state index in [0.29, 0.717) is 24.2 Å². The molecule has 0 aromatic carbocycles. The van der Waals surface area contributed by atoms with Crippen molar-refractivity contribution in [3.8, 4) is 0 Å². The van der Waals surface area contributed by atoms with Gasteiger partial charge in [-0.15, -0.1) is 0 Å². The van der Waals surface area contributed by atoms with E-state index in [-0.39, 0.29) is 28.9 Å². The summed E-state index contributed by atoms with van der Waals surface area (Å²) in [6, 6.07) is 0. The Morgan fingerprint density at radius 1 is 1.07 bits per heavy atom. The fourth-order valence-corrected chi connectivity index (χ4v) is 8.03. The number of aliphatic hydroxyl groups is 1. The molecule has 168 valence electrons. The molecular formula is C25H38O5. The van der Waals surface area contributed by atoms with E-state index >= 15 is 0 Å². The highest BCUT2D eigenvalue weighted by atomic mass is 16.6. The summed E-state index contributed by atoms with van der Waals surface area (Å²) in [6.07, 6.45) is 9.64. The van der Waals surface area contributed by atoms with E-state index in [1.807, 2.05) is 6.92 Å². The van der Waals surface area contributed by atoms with Gasteiger partial charge in [-0.3, -0.25) is 9.59 Å². The van der Waals surface area contributed by atoms with Crippen LogP contribution in [0.15, 0.2) is 11.6 Å². The van der Waals surface area contributed by atoms with E-state index in [1.54, 1.807) is 0 Å². The quantitative estimate of drug-likeness (QED) is 0.537. The predicted octanol–water partition coefficient (Wildman–Crippen LogP) is 4.56. The van der Waals surface area contributed by atoms with Gasteiger partial charge in [0.25, 0.3) is 0 Å². The van der Waals surface area contributed by atoms with Gasteiger partial charge in [0.1, 0.15) is 17.8 Å². The van der Waals surface area contributed by atoms with E-state index in [2.05, 4.69) is 19.9 Å². The van der Waals surface area contributed by atoms with Gasteiger partial charge in [-0.05, 0) is 75.0 Å². The van der Waals surface area contributed by atoms with E-state index in [1.165, 1.54) is 19.4 Å². The lowest BCUT2D eigenvalue weighted by Gasteiger charge is -2.59. The molecule has 0 saturated heterocycles. The average molecular weight is 419 g/mol. The Labute approximate surface area is 180 Å². The number of hydrogen-bond acceptors (Lipinski definition) is 5. The molecule has 5 heteroatoms. The van der Waals surface area contributed by atoms with Gasteiger partial charge in [0, 0.05) is 25.7 Å². The van der Waals surface area contributed by atoms with Crippen LogP contribution in [0.25, 0.3) is 0 Å². The zero-order valence-electron chi connectivity index (χ0n) is 19.2. The average Bonchev–Trinajstić information content (AvgIpc) is 2.93. The van der Waals surface area contributed by atoms with Gasteiger partial charge >= 0.3 is 11.9 Å². The SMILES string of the molecule is CC(=O)O[C@H]1CC[C@@]2(C)C(=CC[C@@H]3[C@@H]2CC[C@@]2(C)[C@H]3CC[C@]2(O)[C@H](C)OC(C)=O)C1. The minimum atomic E-state index is -0.952. The number of fused-ring (bicyclic) bond motifs is 5. The lowest BCUT2D eigenvalue weighted by atomic mass is 9.46. The maximum Gasteiger partial charge on any atom is 0.302 e. The summed E-state index contributed by atoms with van der Waals surface area (Å²) in [5, 5.41) is 11.7. The number of allylic oxidation sites excluding steroid dienone is 1. The number of ether oxygens (including phenoxy) is 2. The van der Waals surface area contributed by atoms with Crippen LogP contribution in [0.2, 0.25) is 0 Å². The summed E-state index contributed by atoms with van der Waals surface area (Å²) in [7, 11) is 0. The molecule has 4 aliphatic carbocycles. The number of carbonyl (C=O) groups excluding carboxylic acids is 2. The van der Waals surface area contributed by atoms with Crippen molar-refractivity contribution in [2.45, 2.75) is 104 Å². The molecule has 0 heterocycles. The first-order valence-corrected chi connectivity index (χ1v) is 11.8. The van der Waals surface area contributed by atoms with Crippen molar-refractivity contribution in [2.75, 3.05) is 0 Å². The Hall–Kier alpha value is -1.36. The summed E-state index contributed by atoms with van der Waals surface area (Å²) >= 11 is 0. The molecule has 0 aromatic rings. The van der Waals surface area contributed by atoms with E-state index in [9.17, 15) is 14.7 Å². The van der Waals surface area contributed by atoms with Crippen molar-refractivity contribution in [1.82, 2.24) is 0 Å². The number of esters is 2. The van der Waals surface area contributed by atoms with Crippen molar-refractivity contribution in [1.29, 1.82) is 0 Å². The predicted molar refractivity (Wildman–Crippen MR) is 113 cm³/mol. The van der Waals surface area contributed by atoms with E-state index < -0.39 is 11.7 Å². The van der Waals surface area contributed by atoms with Crippen LogP contribution < -0.4 is 0 Å². The Morgan fingerprint density at radius 3 is 2.43 bits per heavy atom. The van der Waals surface area contributed by atoms with E-state index in [4.69, 9.17) is 9.47 Å². The molecule has 0 radical (unpaired) electrons. The minimum absolute atomic E-state index is 0.0217. The van der Waals surface area contributed by atoms with Gasteiger partial charge in [0.15, 0.2) is 0 Å². The third-order valence-electron chi connectivity index (χ3n) is 9.62. The Morgan fingerprint density at radius 2 is 1.77 bits per heavy atom. The molecule has 4 aliphatic rings. The topological polar surface area (TPSA) is 72.8 Å². The first kappa shape index (κ1) is 21.9. The van der Waals surface area contributed by atoms with Gasteiger partial charge in [0.05, 0.1) is 0 Å². The summed E-state index contributed by atoms with van der Waals surface area (Å²) in [4.78, 5) is 23.0. The first-order chi connectivity index (χ1) is 14.0. The molecule has 5 nitrogen and oxygen atoms in total. The monoisotopic (exact) mass is 418 g/mol. The first-order valence-electron chi connectivity index (χ1n) is 11.8. The second-order valence-corrected chi connectivity index (χ2v) is 10.9. The lowest BCUT2D eigenvalue weighted by molar-refractivity contribution is -0.192. The largest absolute Gasteiger partial charge is 0.462 e. The van der Waals surface area contributed by atoms with Crippen molar-refractivity contribution < 1.29 is 24.2 Å². The van der Waals surface area contributed by atoms with Crippen LogP contribution in [0.4, 0.5) is 0 Å². The molecule has 1 N–H and O–H groups in total. The highest BCUT2D eigenvalue weighted by Gasteiger charge is 2.65. The van der Waals surface area contributed by atoms with Crippen LogP contribution >= 0.6 is 0 Å². The van der Waals surface area contributed by atoms with E-state index in [0.717, 1.165) is 44.9 Å². The summed E-state index contributed by atoms with van der Waals surface area (Å²) < 4.78 is 11.0. The number of rotatable bonds is 3. The third kappa shape index (κ3) is 3.14. The maximum absolute atomic E-state index is 11.7. The third-order valence-corrected chi connectivity index (χ3v) is 9.62. The highest BCUT2D eigenvalue weighted by Crippen LogP contribution is 2.67. The summed E-state index contributed by atoms with van der Waals surface area (Å²) in [5.41, 5.74) is 0.473. The van der Waals surface area contributed by atoms with Crippen LogP contribution in [0, 0.1) is 28.6 Å². The van der Waals surface area contributed by atoms with Gasteiger partial charge in [-0.25, -0.2) is 0 Å². The molecule has 0 bridgehead atoms. The van der Waals surface area contributed by atoms with Gasteiger partial charge in [-0.2, -0.15) is 0 Å². The van der Waals surface area contributed by atoms with Crippen molar-refractivity contribution in [3.63, 3.8) is 0 Å². The second kappa shape index (κ2) is 7.36. The van der Waals surface area contributed by atoms with Crippen LogP contribution in [0.1, 0.15) is 86.0 Å². The number of carbonyl (C=O) groups is 2. The zero-order valence-corrected chi connectivity index (χ0v) is 19.2. The fraction of sp³-hybridized carbons (Fsp3) is 0.840. The maximum atomic E-state index is 11.7. The van der Waals surface area contributed by atoms with Gasteiger partial charge in [-0.1, -0.05) is 25.5 Å². The fourth-order valence-electron chi connectivity index (χ4n) is 8.03. The van der Waals surface area contributed by atoms with Gasteiger partial charge < -0.3 is 14.6 Å². The molecule has 0 aromatic heterocycles. The molecule has 4 rings (SSSR count). The lowest BCUT2D eigenvalue weighted by Crippen LogP contribution is -2.58. The van der Waals surface area contributed by atoms with Crippen molar-refractivity contribution >= 4 is 11.9 Å². The molecule has 3 saturated carbocycles. The molecule has 0 amide bonds. The summed E-state index contributed by atoms with van der Waals surface area (Å²) in [6.45, 7) is 9.44. The zero-order chi connectivity index (χ0) is 21.9. The molecule has 3 fully saturated rings. The molecule has 0 unspecified atom stereocenters. The number of hydrogen-bond donors (Lipinski definition) is 1. The smallest absolute Gasteiger partial charge is 0.302 e. The molecule has 30 heavy (non-hydrogen) atoms. The van der Waals surface area contributed by atoms with Crippen LogP contribution in [-0.4, -0.2) is 34.9 Å². The van der Waals surface area contributed by atoms with Crippen LogP contribution in [-0.2, 0) is 19.1 Å².